The van der Waals surface area contributed by atoms with Gasteiger partial charge in [-0.05, 0) is 23.6 Å². The second-order valence-electron chi connectivity index (χ2n) is 6.15. The maximum atomic E-state index is 12.4. The summed E-state index contributed by atoms with van der Waals surface area (Å²) in [5.41, 5.74) is 1.95. The number of fused-ring (bicyclic) bond motifs is 1. The third-order valence-electron chi connectivity index (χ3n) is 4.39. The Morgan fingerprint density at radius 1 is 1.13 bits per heavy atom. The van der Waals surface area contributed by atoms with Gasteiger partial charge in [-0.2, -0.15) is 5.26 Å². The van der Waals surface area contributed by atoms with Gasteiger partial charge in [0.2, 0.25) is 5.91 Å². The molecule has 0 bridgehead atoms. The molecule has 23 heavy (non-hydrogen) atoms. The molecular formula is C20H26N2O. The van der Waals surface area contributed by atoms with Crippen LogP contribution in [0, 0.1) is 11.3 Å². The number of carbonyl (C=O) groups excluding carboxylic acids is 1. The first kappa shape index (κ1) is 17.3. The Morgan fingerprint density at radius 2 is 1.83 bits per heavy atom. The average molecular weight is 310 g/mol. The van der Waals surface area contributed by atoms with Crippen molar-refractivity contribution in [2.45, 2.75) is 64.3 Å². The van der Waals surface area contributed by atoms with Crippen molar-refractivity contribution in [1.29, 1.82) is 5.26 Å². The largest absolute Gasteiger partial charge is 0.298 e. The third kappa shape index (κ3) is 4.69. The summed E-state index contributed by atoms with van der Waals surface area (Å²) in [5, 5.41) is 9.47. The number of hydrogen-bond acceptors (Lipinski definition) is 2. The van der Waals surface area contributed by atoms with Crippen molar-refractivity contribution in [1.82, 2.24) is 4.90 Å². The van der Waals surface area contributed by atoms with E-state index < -0.39 is 6.04 Å². The summed E-state index contributed by atoms with van der Waals surface area (Å²) < 4.78 is 0. The molecule has 122 valence electrons. The molecule has 0 saturated carbocycles. The third-order valence-corrected chi connectivity index (χ3v) is 4.39. The zero-order valence-electron chi connectivity index (χ0n) is 14.0. The molecule has 0 saturated heterocycles. The van der Waals surface area contributed by atoms with Crippen LogP contribution in [0.15, 0.2) is 30.5 Å². The van der Waals surface area contributed by atoms with E-state index in [0.717, 1.165) is 24.0 Å². The molecule has 0 spiro atoms. The highest BCUT2D eigenvalue weighted by atomic mass is 16.2. The number of carbonyl (C=O) groups is 1. The molecule has 0 aliphatic carbocycles. The fourth-order valence-electron chi connectivity index (χ4n) is 3.03. The standard InChI is InChI=1S/C20H26N2O/c1-2-3-4-5-6-7-8-13-20(23)22-15-14-17-11-9-10-12-18(17)19(22)16-21/h9-12,14-15,19H,2-8,13H2,1H3. The summed E-state index contributed by atoms with van der Waals surface area (Å²) >= 11 is 0. The molecule has 1 aliphatic rings. The van der Waals surface area contributed by atoms with Crippen LogP contribution < -0.4 is 0 Å². The van der Waals surface area contributed by atoms with Gasteiger partial charge in [0.05, 0.1) is 6.07 Å². The normalized spacial score (nSPS) is 16.0. The predicted molar refractivity (Wildman–Crippen MR) is 93.3 cm³/mol. The molecule has 0 fully saturated rings. The van der Waals surface area contributed by atoms with E-state index in [-0.39, 0.29) is 5.91 Å². The van der Waals surface area contributed by atoms with E-state index in [1.165, 1.54) is 32.1 Å². The lowest BCUT2D eigenvalue weighted by Gasteiger charge is -2.28. The van der Waals surface area contributed by atoms with Crippen LogP contribution in [0.4, 0.5) is 0 Å². The highest BCUT2D eigenvalue weighted by Gasteiger charge is 2.27. The highest BCUT2D eigenvalue weighted by molar-refractivity contribution is 5.80. The van der Waals surface area contributed by atoms with Gasteiger partial charge in [-0.3, -0.25) is 9.69 Å². The first-order valence-corrected chi connectivity index (χ1v) is 8.76. The van der Waals surface area contributed by atoms with Gasteiger partial charge in [-0.1, -0.05) is 69.7 Å². The zero-order chi connectivity index (χ0) is 16.5. The van der Waals surface area contributed by atoms with Gasteiger partial charge in [0.25, 0.3) is 0 Å². The summed E-state index contributed by atoms with van der Waals surface area (Å²) in [6.07, 6.45) is 12.6. The molecule has 3 nitrogen and oxygen atoms in total. The van der Waals surface area contributed by atoms with Crippen molar-refractivity contribution >= 4 is 12.0 Å². The lowest BCUT2D eigenvalue weighted by Crippen LogP contribution is -2.31. The van der Waals surface area contributed by atoms with Crippen molar-refractivity contribution in [2.75, 3.05) is 0 Å². The molecule has 0 radical (unpaired) electrons. The molecule has 1 heterocycles. The maximum absolute atomic E-state index is 12.4. The number of nitrogens with zero attached hydrogens (tertiary/aromatic N) is 2. The zero-order valence-corrected chi connectivity index (χ0v) is 14.0. The van der Waals surface area contributed by atoms with Gasteiger partial charge in [0, 0.05) is 12.6 Å². The van der Waals surface area contributed by atoms with Crippen LogP contribution >= 0.6 is 0 Å². The summed E-state index contributed by atoms with van der Waals surface area (Å²) in [4.78, 5) is 14.0. The summed E-state index contributed by atoms with van der Waals surface area (Å²) in [6, 6.07) is 9.56. The average Bonchev–Trinajstić information content (AvgIpc) is 2.59. The van der Waals surface area contributed by atoms with E-state index >= 15 is 0 Å². The number of benzene rings is 1. The minimum atomic E-state index is -0.492. The lowest BCUT2D eigenvalue weighted by atomic mass is 9.96. The predicted octanol–water partition coefficient (Wildman–Crippen LogP) is 5.20. The SMILES string of the molecule is CCCCCCCCCC(=O)N1C=Cc2ccccc2C1C#N. The first-order chi connectivity index (χ1) is 11.3. The quantitative estimate of drug-likeness (QED) is 0.619. The van der Waals surface area contributed by atoms with Crippen LogP contribution in [0.1, 0.15) is 75.5 Å². The fraction of sp³-hybridized carbons (Fsp3) is 0.500. The molecule has 0 aromatic heterocycles. The van der Waals surface area contributed by atoms with E-state index in [1.54, 1.807) is 11.1 Å². The monoisotopic (exact) mass is 310 g/mol. The van der Waals surface area contributed by atoms with Crippen molar-refractivity contribution in [3.63, 3.8) is 0 Å². The number of rotatable bonds is 8. The molecule has 2 rings (SSSR count). The molecule has 1 unspecified atom stereocenters. The Hall–Kier alpha value is -2.08. The number of hydrogen-bond donors (Lipinski definition) is 0. The molecule has 0 N–H and O–H groups in total. The van der Waals surface area contributed by atoms with Crippen LogP contribution in [0.25, 0.3) is 6.08 Å². The molecule has 1 aromatic rings. The molecule has 1 amide bonds. The van der Waals surface area contributed by atoms with Crippen LogP contribution in [0.2, 0.25) is 0 Å². The Balaban J connectivity index is 1.82. The second kappa shape index (κ2) is 9.15. The Kier molecular flexibility index (Phi) is 6.87. The number of unbranched alkanes of at least 4 members (excludes halogenated alkanes) is 6. The Bertz CT molecular complexity index is 586. The van der Waals surface area contributed by atoms with E-state index in [0.29, 0.717) is 6.42 Å². The smallest absolute Gasteiger partial charge is 0.227 e. The number of amides is 1. The second-order valence-corrected chi connectivity index (χ2v) is 6.15. The Labute approximate surface area is 139 Å². The van der Waals surface area contributed by atoms with Gasteiger partial charge >= 0.3 is 0 Å². The topological polar surface area (TPSA) is 44.1 Å². The van der Waals surface area contributed by atoms with Crippen molar-refractivity contribution in [3.05, 3.63) is 41.6 Å². The van der Waals surface area contributed by atoms with Gasteiger partial charge in [-0.15, -0.1) is 0 Å². The van der Waals surface area contributed by atoms with Gasteiger partial charge in [0.1, 0.15) is 6.04 Å². The minimum Gasteiger partial charge on any atom is -0.298 e. The molecule has 1 aliphatic heterocycles. The lowest BCUT2D eigenvalue weighted by molar-refractivity contribution is -0.129. The molecule has 1 aromatic carbocycles. The Morgan fingerprint density at radius 3 is 2.57 bits per heavy atom. The van der Waals surface area contributed by atoms with Crippen molar-refractivity contribution in [2.24, 2.45) is 0 Å². The molecule has 1 atom stereocenters. The van der Waals surface area contributed by atoms with Crippen LogP contribution in [0.3, 0.4) is 0 Å². The summed E-state index contributed by atoms with van der Waals surface area (Å²) in [7, 11) is 0. The first-order valence-electron chi connectivity index (χ1n) is 8.76. The summed E-state index contributed by atoms with van der Waals surface area (Å²) in [6.45, 7) is 2.22. The van der Waals surface area contributed by atoms with Crippen LogP contribution in [0.5, 0.6) is 0 Å². The van der Waals surface area contributed by atoms with E-state index in [4.69, 9.17) is 0 Å². The van der Waals surface area contributed by atoms with Crippen molar-refractivity contribution < 1.29 is 4.79 Å². The highest BCUT2D eigenvalue weighted by Crippen LogP contribution is 2.30. The van der Waals surface area contributed by atoms with E-state index in [1.807, 2.05) is 30.3 Å². The molecule has 3 heteroatoms. The number of nitriles is 1. The van der Waals surface area contributed by atoms with Crippen LogP contribution in [-0.4, -0.2) is 10.8 Å². The van der Waals surface area contributed by atoms with Gasteiger partial charge < -0.3 is 0 Å². The van der Waals surface area contributed by atoms with Gasteiger partial charge in [-0.25, -0.2) is 0 Å². The molecular weight excluding hydrogens is 284 g/mol. The van der Waals surface area contributed by atoms with Gasteiger partial charge in [0.15, 0.2) is 0 Å². The van der Waals surface area contributed by atoms with E-state index in [2.05, 4.69) is 13.0 Å². The van der Waals surface area contributed by atoms with E-state index in [9.17, 15) is 10.1 Å². The van der Waals surface area contributed by atoms with Crippen molar-refractivity contribution in [3.8, 4) is 6.07 Å². The van der Waals surface area contributed by atoms with Crippen LogP contribution in [-0.2, 0) is 4.79 Å². The fourth-order valence-corrected chi connectivity index (χ4v) is 3.03. The maximum Gasteiger partial charge on any atom is 0.227 e. The minimum absolute atomic E-state index is 0.0517. The summed E-state index contributed by atoms with van der Waals surface area (Å²) in [5.74, 6) is 0.0517.